The van der Waals surface area contributed by atoms with Crippen molar-refractivity contribution in [3.8, 4) is 0 Å². The summed E-state index contributed by atoms with van der Waals surface area (Å²) in [6, 6.07) is 16.7. The van der Waals surface area contributed by atoms with Gasteiger partial charge in [0, 0.05) is 29.4 Å². The van der Waals surface area contributed by atoms with Crippen molar-refractivity contribution >= 4 is 28.6 Å². The average Bonchev–Trinajstić information content (AvgIpc) is 3.30. The molecule has 0 unspecified atom stereocenters. The molecule has 0 saturated carbocycles. The van der Waals surface area contributed by atoms with Crippen LogP contribution in [0.1, 0.15) is 20.9 Å². The first-order chi connectivity index (χ1) is 12.7. The van der Waals surface area contributed by atoms with Crippen LogP contribution >= 0.6 is 22.7 Å². The molecule has 2 aromatic heterocycles. The highest BCUT2D eigenvalue weighted by Gasteiger charge is 2.13. The maximum atomic E-state index is 12.4. The smallest absolute Gasteiger partial charge is 0.234 e. The van der Waals surface area contributed by atoms with Crippen LogP contribution in [-0.2, 0) is 24.3 Å². The van der Waals surface area contributed by atoms with Gasteiger partial charge in [-0.25, -0.2) is 0 Å². The van der Waals surface area contributed by atoms with Crippen molar-refractivity contribution in [2.75, 3.05) is 13.1 Å². The number of thiophene rings is 2. The molecule has 0 fully saturated rings. The van der Waals surface area contributed by atoms with Crippen molar-refractivity contribution in [1.29, 1.82) is 0 Å². The molecule has 3 rings (SSSR count). The largest absolute Gasteiger partial charge is 0.355 e. The first-order valence-electron chi connectivity index (χ1n) is 8.79. The van der Waals surface area contributed by atoms with E-state index in [4.69, 9.17) is 0 Å². The summed E-state index contributed by atoms with van der Waals surface area (Å²) >= 11 is 3.48. The third-order valence-corrected chi connectivity index (χ3v) is 5.99. The van der Waals surface area contributed by atoms with Gasteiger partial charge in [0.15, 0.2) is 0 Å². The molecule has 0 atom stereocenters. The summed E-state index contributed by atoms with van der Waals surface area (Å²) in [5, 5.41) is 7.24. The standard InChI is InChI=1S/C21H24N2OS2/c1-17-6-2-3-7-18(17)10-11-22-21(24)16-23(14-19-8-4-12-25-19)15-20-9-5-13-26-20/h2-9,12-13H,10-11,14-16H2,1H3,(H,22,24). The molecule has 2 heterocycles. The van der Waals surface area contributed by atoms with Crippen LogP contribution in [0.2, 0.25) is 0 Å². The molecule has 1 aromatic carbocycles. The van der Waals surface area contributed by atoms with E-state index in [1.54, 1.807) is 22.7 Å². The Bertz CT molecular complexity index is 761. The van der Waals surface area contributed by atoms with E-state index in [0.29, 0.717) is 13.1 Å². The van der Waals surface area contributed by atoms with Gasteiger partial charge in [0.25, 0.3) is 0 Å². The van der Waals surface area contributed by atoms with Crippen LogP contribution in [0.3, 0.4) is 0 Å². The zero-order chi connectivity index (χ0) is 18.2. The van der Waals surface area contributed by atoms with E-state index in [9.17, 15) is 4.79 Å². The van der Waals surface area contributed by atoms with E-state index in [0.717, 1.165) is 19.5 Å². The lowest BCUT2D eigenvalue weighted by molar-refractivity contribution is -0.122. The number of hydrogen-bond donors (Lipinski definition) is 1. The van der Waals surface area contributed by atoms with Crippen molar-refractivity contribution in [3.63, 3.8) is 0 Å². The lowest BCUT2D eigenvalue weighted by atomic mass is 10.1. The highest BCUT2D eigenvalue weighted by atomic mass is 32.1. The molecule has 3 nitrogen and oxygen atoms in total. The number of benzene rings is 1. The Morgan fingerprint density at radius 2 is 1.62 bits per heavy atom. The van der Waals surface area contributed by atoms with Gasteiger partial charge in [0.1, 0.15) is 0 Å². The third-order valence-electron chi connectivity index (χ3n) is 4.26. The molecule has 1 N–H and O–H groups in total. The van der Waals surface area contributed by atoms with Gasteiger partial charge in [0.05, 0.1) is 6.54 Å². The minimum absolute atomic E-state index is 0.0895. The number of amides is 1. The van der Waals surface area contributed by atoms with Gasteiger partial charge >= 0.3 is 0 Å². The van der Waals surface area contributed by atoms with E-state index >= 15 is 0 Å². The van der Waals surface area contributed by atoms with Crippen LogP contribution in [0.15, 0.2) is 59.3 Å². The minimum atomic E-state index is 0.0895. The van der Waals surface area contributed by atoms with Gasteiger partial charge in [-0.2, -0.15) is 0 Å². The third kappa shape index (κ3) is 5.80. The number of aryl methyl sites for hydroxylation is 1. The number of carbonyl (C=O) groups is 1. The Morgan fingerprint density at radius 3 is 2.19 bits per heavy atom. The number of rotatable bonds is 9. The van der Waals surface area contributed by atoms with Gasteiger partial charge in [-0.05, 0) is 47.4 Å². The molecule has 0 spiro atoms. The second-order valence-corrected chi connectivity index (χ2v) is 8.39. The molecule has 0 aliphatic carbocycles. The van der Waals surface area contributed by atoms with Gasteiger partial charge in [-0.1, -0.05) is 36.4 Å². The minimum Gasteiger partial charge on any atom is -0.355 e. The Balaban J connectivity index is 1.51. The Hall–Kier alpha value is -1.95. The quantitative estimate of drug-likeness (QED) is 0.590. The van der Waals surface area contributed by atoms with Crippen molar-refractivity contribution in [2.45, 2.75) is 26.4 Å². The van der Waals surface area contributed by atoms with Gasteiger partial charge < -0.3 is 5.32 Å². The van der Waals surface area contributed by atoms with Gasteiger partial charge in [-0.3, -0.25) is 9.69 Å². The molecular formula is C21H24N2OS2. The summed E-state index contributed by atoms with van der Waals surface area (Å²) in [4.78, 5) is 17.2. The number of hydrogen-bond acceptors (Lipinski definition) is 4. The Morgan fingerprint density at radius 1 is 0.962 bits per heavy atom. The van der Waals surface area contributed by atoms with Crippen molar-refractivity contribution in [2.24, 2.45) is 0 Å². The first kappa shape index (κ1) is 18.8. The molecule has 0 bridgehead atoms. The molecule has 26 heavy (non-hydrogen) atoms. The monoisotopic (exact) mass is 384 g/mol. The predicted octanol–water partition coefficient (Wildman–Crippen LogP) is 4.48. The predicted molar refractivity (Wildman–Crippen MR) is 111 cm³/mol. The zero-order valence-electron chi connectivity index (χ0n) is 15.0. The van der Waals surface area contributed by atoms with E-state index < -0.39 is 0 Å². The summed E-state index contributed by atoms with van der Waals surface area (Å²) in [6.07, 6.45) is 0.869. The van der Waals surface area contributed by atoms with Crippen LogP contribution in [0, 0.1) is 6.92 Å². The van der Waals surface area contributed by atoms with Crippen LogP contribution < -0.4 is 5.32 Å². The fraction of sp³-hybridized carbons (Fsp3) is 0.286. The zero-order valence-corrected chi connectivity index (χ0v) is 16.6. The normalized spacial score (nSPS) is 11.0. The number of nitrogens with zero attached hydrogens (tertiary/aromatic N) is 1. The summed E-state index contributed by atoms with van der Waals surface area (Å²) in [5.74, 6) is 0.0895. The summed E-state index contributed by atoms with van der Waals surface area (Å²) < 4.78 is 0. The molecular weight excluding hydrogens is 360 g/mol. The van der Waals surface area contributed by atoms with E-state index in [1.165, 1.54) is 20.9 Å². The van der Waals surface area contributed by atoms with E-state index in [1.807, 2.05) is 12.1 Å². The maximum absolute atomic E-state index is 12.4. The Labute approximate surface area is 163 Å². The van der Waals surface area contributed by atoms with E-state index in [-0.39, 0.29) is 5.91 Å². The van der Waals surface area contributed by atoms with Gasteiger partial charge in [0.2, 0.25) is 5.91 Å². The highest BCUT2D eigenvalue weighted by Crippen LogP contribution is 2.16. The molecule has 136 valence electrons. The fourth-order valence-corrected chi connectivity index (χ4v) is 4.39. The molecule has 0 aliphatic heterocycles. The second-order valence-electron chi connectivity index (χ2n) is 6.33. The lowest BCUT2D eigenvalue weighted by Crippen LogP contribution is -2.37. The van der Waals surface area contributed by atoms with Crippen molar-refractivity contribution in [1.82, 2.24) is 10.2 Å². The van der Waals surface area contributed by atoms with Gasteiger partial charge in [-0.15, -0.1) is 22.7 Å². The highest BCUT2D eigenvalue weighted by molar-refractivity contribution is 7.10. The van der Waals surface area contributed by atoms with Crippen LogP contribution in [0.4, 0.5) is 0 Å². The summed E-state index contributed by atoms with van der Waals surface area (Å²) in [6.45, 7) is 4.82. The SMILES string of the molecule is Cc1ccccc1CCNC(=O)CN(Cc1cccs1)Cc1cccs1. The molecule has 0 radical (unpaired) electrons. The molecule has 5 heteroatoms. The summed E-state index contributed by atoms with van der Waals surface area (Å²) in [5.41, 5.74) is 2.57. The second kappa shape index (κ2) is 9.67. The van der Waals surface area contributed by atoms with Crippen molar-refractivity contribution < 1.29 is 4.79 Å². The Kier molecular flexibility index (Phi) is 7.00. The van der Waals surface area contributed by atoms with Crippen molar-refractivity contribution in [3.05, 3.63) is 80.2 Å². The average molecular weight is 385 g/mol. The van der Waals surface area contributed by atoms with Crippen LogP contribution in [0.25, 0.3) is 0 Å². The topological polar surface area (TPSA) is 32.3 Å². The molecule has 3 aromatic rings. The number of nitrogens with one attached hydrogen (secondary N) is 1. The van der Waals surface area contributed by atoms with E-state index in [2.05, 4.69) is 64.3 Å². The van der Waals surface area contributed by atoms with Crippen LogP contribution in [-0.4, -0.2) is 23.9 Å². The number of carbonyl (C=O) groups excluding carboxylic acids is 1. The fourth-order valence-electron chi connectivity index (χ4n) is 2.90. The lowest BCUT2D eigenvalue weighted by Gasteiger charge is -2.20. The maximum Gasteiger partial charge on any atom is 0.234 e. The molecule has 1 amide bonds. The molecule has 0 saturated heterocycles. The van der Waals surface area contributed by atoms with Crippen LogP contribution in [0.5, 0.6) is 0 Å². The first-order valence-corrected chi connectivity index (χ1v) is 10.5. The molecule has 0 aliphatic rings. The summed E-state index contributed by atoms with van der Waals surface area (Å²) in [7, 11) is 0.